The van der Waals surface area contributed by atoms with E-state index in [9.17, 15) is 4.79 Å². The van der Waals surface area contributed by atoms with Gasteiger partial charge in [0.25, 0.3) is 0 Å². The zero-order chi connectivity index (χ0) is 11.7. The highest BCUT2D eigenvalue weighted by Crippen LogP contribution is 2.30. The fourth-order valence-electron chi connectivity index (χ4n) is 1.97. The summed E-state index contributed by atoms with van der Waals surface area (Å²) in [4.78, 5) is 11.9. The first-order valence-corrected chi connectivity index (χ1v) is 5.43. The monoisotopic (exact) mass is 222 g/mol. The molecule has 0 aromatic heterocycles. The lowest BCUT2D eigenvalue weighted by atomic mass is 10.0. The molecule has 0 saturated heterocycles. The SMILES string of the molecule is O=c1oc2cccccc-2c1-c1ccccc1. The highest BCUT2D eigenvalue weighted by molar-refractivity contribution is 5.81. The lowest BCUT2D eigenvalue weighted by Crippen LogP contribution is -1.95. The molecule has 1 aromatic carbocycles. The predicted molar refractivity (Wildman–Crippen MR) is 67.0 cm³/mol. The molecule has 0 fully saturated rings. The highest BCUT2D eigenvalue weighted by Gasteiger charge is 2.17. The van der Waals surface area contributed by atoms with Crippen molar-refractivity contribution in [1.82, 2.24) is 0 Å². The van der Waals surface area contributed by atoms with Gasteiger partial charge >= 0.3 is 5.63 Å². The maximum absolute atomic E-state index is 11.9. The van der Waals surface area contributed by atoms with Gasteiger partial charge < -0.3 is 4.42 Å². The number of rotatable bonds is 1. The van der Waals surface area contributed by atoms with E-state index < -0.39 is 0 Å². The summed E-state index contributed by atoms with van der Waals surface area (Å²) < 4.78 is 5.26. The lowest BCUT2D eigenvalue weighted by Gasteiger charge is -1.97. The number of fused-ring (bicyclic) bond motifs is 1. The first-order valence-electron chi connectivity index (χ1n) is 5.43. The molecule has 0 bridgehead atoms. The molecule has 0 unspecified atom stereocenters. The Kier molecular flexibility index (Phi) is 2.26. The van der Waals surface area contributed by atoms with Gasteiger partial charge in [-0.1, -0.05) is 54.6 Å². The maximum Gasteiger partial charge on any atom is 0.344 e. The van der Waals surface area contributed by atoms with Crippen LogP contribution in [-0.2, 0) is 0 Å². The molecule has 0 spiro atoms. The van der Waals surface area contributed by atoms with Gasteiger partial charge in [0.1, 0.15) is 5.76 Å². The molecular formula is C15H10O2. The van der Waals surface area contributed by atoms with Crippen LogP contribution in [0.15, 0.2) is 69.9 Å². The zero-order valence-corrected chi connectivity index (χ0v) is 9.09. The van der Waals surface area contributed by atoms with Gasteiger partial charge in [-0.3, -0.25) is 0 Å². The minimum atomic E-state index is -0.280. The molecule has 0 N–H and O–H groups in total. The molecule has 0 atom stereocenters. The molecule has 3 rings (SSSR count). The zero-order valence-electron chi connectivity index (χ0n) is 9.09. The Bertz CT molecular complexity index is 668. The highest BCUT2D eigenvalue weighted by atomic mass is 16.4. The van der Waals surface area contributed by atoms with E-state index in [4.69, 9.17) is 4.42 Å². The largest absolute Gasteiger partial charge is 0.422 e. The van der Waals surface area contributed by atoms with Crippen molar-refractivity contribution in [3.8, 4) is 22.5 Å². The second-order valence-electron chi connectivity index (χ2n) is 3.82. The van der Waals surface area contributed by atoms with Crippen molar-refractivity contribution in [2.45, 2.75) is 0 Å². The van der Waals surface area contributed by atoms with Crippen LogP contribution >= 0.6 is 0 Å². The van der Waals surface area contributed by atoms with Gasteiger partial charge in [-0.25, -0.2) is 4.79 Å². The van der Waals surface area contributed by atoms with Gasteiger partial charge in [0.05, 0.1) is 5.56 Å². The summed E-state index contributed by atoms with van der Waals surface area (Å²) in [5.41, 5.74) is 2.10. The number of hydrogen-bond acceptors (Lipinski definition) is 2. The van der Waals surface area contributed by atoms with Crippen LogP contribution in [0.4, 0.5) is 0 Å². The minimum absolute atomic E-state index is 0.280. The van der Waals surface area contributed by atoms with Gasteiger partial charge in [0, 0.05) is 5.56 Å². The van der Waals surface area contributed by atoms with Crippen molar-refractivity contribution in [3.63, 3.8) is 0 Å². The summed E-state index contributed by atoms with van der Waals surface area (Å²) in [6, 6.07) is 19.0. The van der Waals surface area contributed by atoms with E-state index in [1.807, 2.05) is 60.7 Å². The molecule has 17 heavy (non-hydrogen) atoms. The number of benzene rings is 1. The van der Waals surface area contributed by atoms with Gasteiger partial charge in [-0.2, -0.15) is 0 Å². The van der Waals surface area contributed by atoms with E-state index in [0.717, 1.165) is 11.1 Å². The molecule has 1 aromatic rings. The van der Waals surface area contributed by atoms with Crippen LogP contribution in [0.1, 0.15) is 0 Å². The molecule has 1 aliphatic heterocycles. The average molecular weight is 222 g/mol. The Morgan fingerprint density at radius 3 is 2.18 bits per heavy atom. The molecular weight excluding hydrogens is 212 g/mol. The molecule has 2 heteroatoms. The van der Waals surface area contributed by atoms with Crippen LogP contribution in [0.5, 0.6) is 0 Å². The molecule has 0 amide bonds. The Balaban J connectivity index is 2.34. The Hall–Kier alpha value is -2.35. The molecule has 2 aliphatic rings. The first-order chi connectivity index (χ1) is 8.36. The van der Waals surface area contributed by atoms with E-state index >= 15 is 0 Å². The van der Waals surface area contributed by atoms with Crippen molar-refractivity contribution in [2.75, 3.05) is 0 Å². The Morgan fingerprint density at radius 2 is 1.41 bits per heavy atom. The predicted octanol–water partition coefficient (Wildman–Crippen LogP) is 3.41. The molecule has 2 nitrogen and oxygen atoms in total. The third-order valence-corrected chi connectivity index (χ3v) is 2.74. The number of furan rings is 1. The van der Waals surface area contributed by atoms with E-state index in [1.165, 1.54) is 0 Å². The van der Waals surface area contributed by atoms with Crippen molar-refractivity contribution in [3.05, 3.63) is 71.1 Å². The van der Waals surface area contributed by atoms with Crippen LogP contribution in [0.2, 0.25) is 0 Å². The molecule has 0 radical (unpaired) electrons. The topological polar surface area (TPSA) is 30.2 Å². The van der Waals surface area contributed by atoms with Crippen LogP contribution in [0.3, 0.4) is 0 Å². The third-order valence-electron chi connectivity index (χ3n) is 2.74. The smallest absolute Gasteiger partial charge is 0.344 e. The first kappa shape index (κ1) is 9.85. The normalized spacial score (nSPS) is 10.6. The summed E-state index contributed by atoms with van der Waals surface area (Å²) in [6.45, 7) is 0. The summed E-state index contributed by atoms with van der Waals surface area (Å²) >= 11 is 0. The summed E-state index contributed by atoms with van der Waals surface area (Å²) in [5, 5.41) is 0. The average Bonchev–Trinajstić information content (AvgIpc) is 2.52. The van der Waals surface area contributed by atoms with E-state index in [-0.39, 0.29) is 5.63 Å². The van der Waals surface area contributed by atoms with Crippen LogP contribution in [0.25, 0.3) is 22.5 Å². The van der Waals surface area contributed by atoms with Crippen molar-refractivity contribution in [2.24, 2.45) is 0 Å². The molecule has 1 heterocycles. The standard InChI is InChI=1S/C15H10O2/c16-15-14(11-7-3-1-4-8-11)12-9-5-2-6-10-13(12)17-15/h1-10H. The van der Waals surface area contributed by atoms with E-state index in [0.29, 0.717) is 11.3 Å². The second kappa shape index (κ2) is 3.91. The van der Waals surface area contributed by atoms with Gasteiger partial charge in [-0.15, -0.1) is 0 Å². The molecule has 1 aliphatic carbocycles. The van der Waals surface area contributed by atoms with Crippen molar-refractivity contribution in [1.29, 1.82) is 0 Å². The molecule has 0 saturated carbocycles. The Labute approximate surface area is 98.5 Å². The quantitative estimate of drug-likeness (QED) is 0.631. The van der Waals surface area contributed by atoms with Gasteiger partial charge in [0.15, 0.2) is 0 Å². The van der Waals surface area contributed by atoms with E-state index in [1.54, 1.807) is 0 Å². The van der Waals surface area contributed by atoms with Crippen LogP contribution in [0, 0.1) is 0 Å². The van der Waals surface area contributed by atoms with Gasteiger partial charge in [-0.05, 0) is 11.6 Å². The number of hydrogen-bond donors (Lipinski definition) is 0. The summed E-state index contributed by atoms with van der Waals surface area (Å²) in [6.07, 6.45) is 0. The minimum Gasteiger partial charge on any atom is -0.422 e. The fourth-order valence-corrected chi connectivity index (χ4v) is 1.97. The van der Waals surface area contributed by atoms with Crippen LogP contribution < -0.4 is 5.63 Å². The van der Waals surface area contributed by atoms with Gasteiger partial charge in [0.2, 0.25) is 0 Å². The fraction of sp³-hybridized carbons (Fsp3) is 0. The van der Waals surface area contributed by atoms with Crippen LogP contribution in [-0.4, -0.2) is 0 Å². The lowest BCUT2D eigenvalue weighted by molar-refractivity contribution is 0.546. The maximum atomic E-state index is 11.9. The summed E-state index contributed by atoms with van der Waals surface area (Å²) in [5.74, 6) is 0.624. The van der Waals surface area contributed by atoms with Crippen molar-refractivity contribution >= 4 is 0 Å². The molecule has 82 valence electrons. The Morgan fingerprint density at radius 1 is 0.765 bits per heavy atom. The summed E-state index contributed by atoms with van der Waals surface area (Å²) in [7, 11) is 0. The third kappa shape index (κ3) is 1.64. The van der Waals surface area contributed by atoms with Crippen molar-refractivity contribution < 1.29 is 4.42 Å². The second-order valence-corrected chi connectivity index (χ2v) is 3.82. The van der Waals surface area contributed by atoms with E-state index in [2.05, 4.69) is 0 Å².